The van der Waals surface area contributed by atoms with Crippen LogP contribution in [0.5, 0.6) is 0 Å². The van der Waals surface area contributed by atoms with E-state index in [1.807, 2.05) is 0 Å². The minimum atomic E-state index is -1.61. The van der Waals surface area contributed by atoms with Gasteiger partial charge in [-0.05, 0) is 0 Å². The maximum atomic E-state index is 10.8. The van der Waals surface area contributed by atoms with E-state index in [0.29, 0.717) is 0 Å². The molecule has 0 amide bonds. The van der Waals surface area contributed by atoms with Crippen molar-refractivity contribution >= 4 is 89.1 Å². The zero-order valence-electron chi connectivity index (χ0n) is 9.08. The van der Waals surface area contributed by atoms with E-state index in [4.69, 9.17) is 10.2 Å². The zero-order chi connectivity index (χ0) is 14.1. The molecule has 0 radical (unpaired) electrons. The molecule has 0 saturated carbocycles. The van der Waals surface area contributed by atoms with Crippen LogP contribution in [0.3, 0.4) is 0 Å². The first-order valence-electron chi connectivity index (χ1n) is 4.70. The number of carboxylic acid groups (broad SMARTS) is 2. The third-order valence-corrected chi connectivity index (χ3v) is 1.48. The van der Waals surface area contributed by atoms with Gasteiger partial charge in [0.1, 0.15) is 0 Å². The van der Waals surface area contributed by atoms with Crippen LogP contribution >= 0.6 is 0 Å². The van der Waals surface area contributed by atoms with Crippen LogP contribution in [0.4, 0.5) is 4.79 Å². The average Bonchev–Trinajstić information content (AvgIpc) is 2.23. The summed E-state index contributed by atoms with van der Waals surface area (Å²) in [6.07, 6.45) is -3.76. The van der Waals surface area contributed by atoms with Crippen molar-refractivity contribution in [2.75, 3.05) is 0 Å². The third kappa shape index (κ3) is 15.6. The van der Waals surface area contributed by atoms with Crippen molar-refractivity contribution in [3.8, 4) is 0 Å². The van der Waals surface area contributed by atoms with Crippen molar-refractivity contribution in [3.63, 3.8) is 0 Å². The second-order valence-electron chi connectivity index (χ2n) is 2.99. The fourth-order valence-corrected chi connectivity index (χ4v) is 0.727. The van der Waals surface area contributed by atoms with Gasteiger partial charge in [0.05, 0.1) is 25.7 Å². The standard InChI is InChI=1S/C9H10O9.2Na.2H/c10-5(11)1-3-7(14)17-9(16)18-8(15)4-2-6(12)13;;;;/h1-4H2,(H,10,11)(H,12,13);;;;. The van der Waals surface area contributed by atoms with Crippen LogP contribution in [0.25, 0.3) is 0 Å². The Morgan fingerprint density at radius 3 is 1.20 bits per heavy atom. The van der Waals surface area contributed by atoms with Gasteiger partial charge < -0.3 is 19.7 Å². The molecule has 104 valence electrons. The summed E-state index contributed by atoms with van der Waals surface area (Å²) in [6.45, 7) is 0. The van der Waals surface area contributed by atoms with Gasteiger partial charge in [0.15, 0.2) is 0 Å². The van der Waals surface area contributed by atoms with E-state index in [0.717, 1.165) is 0 Å². The Balaban J connectivity index is -0.00000144. The molecule has 0 fully saturated rings. The van der Waals surface area contributed by atoms with Crippen molar-refractivity contribution in [3.05, 3.63) is 0 Å². The number of hydrogen-bond acceptors (Lipinski definition) is 7. The predicted molar refractivity (Wildman–Crippen MR) is 65.6 cm³/mol. The van der Waals surface area contributed by atoms with Gasteiger partial charge in [0.2, 0.25) is 0 Å². The van der Waals surface area contributed by atoms with Crippen molar-refractivity contribution < 1.29 is 43.7 Å². The molecule has 0 unspecified atom stereocenters. The third-order valence-electron chi connectivity index (χ3n) is 1.48. The van der Waals surface area contributed by atoms with Crippen LogP contribution in [0, 0.1) is 0 Å². The first kappa shape index (κ1) is 24.6. The topological polar surface area (TPSA) is 144 Å². The summed E-state index contributed by atoms with van der Waals surface area (Å²) in [5.74, 6) is -4.82. The molecule has 0 heterocycles. The monoisotopic (exact) mass is 310 g/mol. The Morgan fingerprint density at radius 1 is 0.650 bits per heavy atom. The van der Waals surface area contributed by atoms with Gasteiger partial charge in [-0.1, -0.05) is 0 Å². The Bertz CT molecular complexity index is 346. The fraction of sp³-hybridized carbons (Fsp3) is 0.444. The number of carbonyl (C=O) groups is 5. The van der Waals surface area contributed by atoms with E-state index in [2.05, 4.69) is 9.47 Å². The van der Waals surface area contributed by atoms with Gasteiger partial charge >= 0.3 is 89.1 Å². The molecule has 0 aromatic rings. The molecule has 0 saturated heterocycles. The molecule has 0 aromatic heterocycles. The van der Waals surface area contributed by atoms with E-state index in [-0.39, 0.29) is 59.1 Å². The molecule has 2 N–H and O–H groups in total. The van der Waals surface area contributed by atoms with Crippen LogP contribution in [0.1, 0.15) is 25.7 Å². The summed E-state index contributed by atoms with van der Waals surface area (Å²) in [6, 6.07) is 0. The molecule has 0 aliphatic carbocycles. The van der Waals surface area contributed by atoms with E-state index in [9.17, 15) is 24.0 Å². The van der Waals surface area contributed by atoms with Crippen LogP contribution in [-0.2, 0) is 28.7 Å². The van der Waals surface area contributed by atoms with Crippen molar-refractivity contribution in [1.29, 1.82) is 0 Å². The summed E-state index contributed by atoms with van der Waals surface area (Å²) >= 11 is 0. The SMILES string of the molecule is O=C(O)CCC(=O)OC(=O)OC(=O)CCC(=O)O.[NaH].[NaH]. The number of ether oxygens (including phenoxy) is 2. The summed E-state index contributed by atoms with van der Waals surface area (Å²) in [5.41, 5.74) is 0. The summed E-state index contributed by atoms with van der Waals surface area (Å²) in [4.78, 5) is 52.6. The molecule has 0 aliphatic rings. The number of rotatable bonds is 6. The minimum absolute atomic E-state index is 0. The van der Waals surface area contributed by atoms with Crippen LogP contribution in [-0.4, -0.2) is 99.4 Å². The van der Waals surface area contributed by atoms with Gasteiger partial charge in [-0.25, -0.2) is 4.79 Å². The van der Waals surface area contributed by atoms with Crippen LogP contribution in [0.2, 0.25) is 0 Å². The quantitative estimate of drug-likeness (QED) is 0.344. The first-order valence-corrected chi connectivity index (χ1v) is 4.70. The Morgan fingerprint density at radius 2 is 0.950 bits per heavy atom. The van der Waals surface area contributed by atoms with Gasteiger partial charge in [0.25, 0.3) is 0 Å². The number of esters is 2. The first-order chi connectivity index (χ1) is 8.31. The summed E-state index contributed by atoms with van der Waals surface area (Å²) in [7, 11) is 0. The Labute approximate surface area is 157 Å². The van der Waals surface area contributed by atoms with Crippen LogP contribution in [0.15, 0.2) is 0 Å². The van der Waals surface area contributed by atoms with Gasteiger partial charge in [-0.2, -0.15) is 0 Å². The molecular weight excluding hydrogens is 298 g/mol. The molecule has 0 aromatic carbocycles. The molecule has 0 rings (SSSR count). The molecule has 0 aliphatic heterocycles. The van der Waals surface area contributed by atoms with E-state index in [1.165, 1.54) is 0 Å². The molecule has 0 atom stereocenters. The van der Waals surface area contributed by atoms with E-state index < -0.39 is 55.7 Å². The number of carbonyl (C=O) groups excluding carboxylic acids is 3. The number of carboxylic acids is 2. The van der Waals surface area contributed by atoms with Gasteiger partial charge in [-0.15, -0.1) is 0 Å². The molecule has 0 bridgehead atoms. The maximum absolute atomic E-state index is 10.8. The summed E-state index contributed by atoms with van der Waals surface area (Å²) < 4.78 is 7.89. The normalized spacial score (nSPS) is 8.40. The zero-order valence-corrected chi connectivity index (χ0v) is 9.08. The second kappa shape index (κ2) is 13.5. The molecule has 9 nitrogen and oxygen atoms in total. The second-order valence-corrected chi connectivity index (χ2v) is 2.99. The number of aliphatic carboxylic acids is 2. The molecular formula is C9H12Na2O9. The average molecular weight is 310 g/mol. The van der Waals surface area contributed by atoms with Crippen molar-refractivity contribution in [2.24, 2.45) is 0 Å². The van der Waals surface area contributed by atoms with E-state index in [1.54, 1.807) is 0 Å². The van der Waals surface area contributed by atoms with E-state index >= 15 is 0 Å². The van der Waals surface area contributed by atoms with Gasteiger partial charge in [-0.3, -0.25) is 19.2 Å². The molecule has 20 heavy (non-hydrogen) atoms. The predicted octanol–water partition coefficient (Wildman–Crippen LogP) is -1.37. The Kier molecular flexibility index (Phi) is 16.6. The van der Waals surface area contributed by atoms with Crippen LogP contribution < -0.4 is 0 Å². The van der Waals surface area contributed by atoms with Crippen molar-refractivity contribution in [1.82, 2.24) is 0 Å². The van der Waals surface area contributed by atoms with Crippen molar-refractivity contribution in [2.45, 2.75) is 25.7 Å². The van der Waals surface area contributed by atoms with Gasteiger partial charge in [0, 0.05) is 0 Å². The number of hydrogen-bond donors (Lipinski definition) is 2. The molecule has 0 spiro atoms. The fourth-order valence-electron chi connectivity index (χ4n) is 0.727. The Hall–Kier alpha value is -0.450. The molecule has 11 heteroatoms. The summed E-state index contributed by atoms with van der Waals surface area (Å²) in [5, 5.41) is 16.5.